The molecule has 0 aliphatic heterocycles. The highest BCUT2D eigenvalue weighted by Gasteiger charge is 2.34. The average Bonchev–Trinajstić information content (AvgIpc) is 3.36. The molecule has 0 spiro atoms. The first-order valence-corrected chi connectivity index (χ1v) is 9.79. The van der Waals surface area contributed by atoms with E-state index in [1.54, 1.807) is 12.1 Å². The van der Waals surface area contributed by atoms with Crippen LogP contribution >= 0.6 is 0 Å². The third kappa shape index (κ3) is 5.52. The molecule has 1 amide bonds. The van der Waals surface area contributed by atoms with Gasteiger partial charge in [-0.1, -0.05) is 12.1 Å². The van der Waals surface area contributed by atoms with Gasteiger partial charge in [0.1, 0.15) is 0 Å². The number of hydrogen-bond acceptors (Lipinski definition) is 5. The van der Waals surface area contributed by atoms with E-state index >= 15 is 0 Å². The maximum Gasteiger partial charge on any atom is 0.331 e. The number of benzene rings is 1. The smallest absolute Gasteiger partial charge is 0.331 e. The van der Waals surface area contributed by atoms with E-state index in [9.17, 15) is 23.1 Å². The number of hydrogen-bond donors (Lipinski definition) is 3. The van der Waals surface area contributed by atoms with Crippen LogP contribution in [0, 0.1) is 0 Å². The van der Waals surface area contributed by atoms with Gasteiger partial charge in [0.2, 0.25) is 15.9 Å². The summed E-state index contributed by atoms with van der Waals surface area (Å²) in [4.78, 5) is 23.5. The predicted molar refractivity (Wildman–Crippen MR) is 94.2 cm³/mol. The van der Waals surface area contributed by atoms with E-state index in [-0.39, 0.29) is 24.0 Å². The first-order chi connectivity index (χ1) is 12.2. The number of aliphatic carboxylic acids is 1. The third-order valence-corrected chi connectivity index (χ3v) is 5.63. The molecule has 1 fully saturated rings. The highest BCUT2D eigenvalue weighted by molar-refractivity contribution is 7.89. The highest BCUT2D eigenvalue weighted by atomic mass is 32.2. The Bertz CT molecular complexity index is 758. The molecule has 8 nitrogen and oxygen atoms in total. The lowest BCUT2D eigenvalue weighted by Crippen LogP contribution is -2.55. The molecule has 0 heterocycles. The Labute approximate surface area is 153 Å². The van der Waals surface area contributed by atoms with Crippen molar-refractivity contribution in [2.24, 2.45) is 0 Å². The van der Waals surface area contributed by atoms with Crippen molar-refractivity contribution in [1.82, 2.24) is 10.0 Å². The lowest BCUT2D eigenvalue weighted by atomic mass is 10.0. The Kier molecular flexibility index (Phi) is 6.38. The summed E-state index contributed by atoms with van der Waals surface area (Å²) in [6.07, 6.45) is 2.18. The van der Waals surface area contributed by atoms with Crippen LogP contribution < -0.4 is 10.0 Å². The number of nitrogens with one attached hydrogen (secondary N) is 2. The number of carbonyl (C=O) groups is 2. The first kappa shape index (κ1) is 20.3. The third-order valence-electron chi connectivity index (χ3n) is 4.09. The van der Waals surface area contributed by atoms with Gasteiger partial charge in [-0.15, -0.1) is 0 Å². The number of sulfonamides is 1. The van der Waals surface area contributed by atoms with Crippen molar-refractivity contribution in [1.29, 1.82) is 0 Å². The summed E-state index contributed by atoms with van der Waals surface area (Å²) in [5.74, 6) is -1.59. The summed E-state index contributed by atoms with van der Waals surface area (Å²) < 4.78 is 31.7. The zero-order valence-corrected chi connectivity index (χ0v) is 15.6. The molecule has 2 rings (SSSR count). The SMILES string of the molecule is COCC(C)(NC(=O)CCc1ccc(S(=O)(=O)NC2CC2)cc1)C(=O)O. The van der Waals surface area contributed by atoms with Crippen LogP contribution in [0.3, 0.4) is 0 Å². The van der Waals surface area contributed by atoms with E-state index < -0.39 is 27.4 Å². The topological polar surface area (TPSA) is 122 Å². The zero-order valence-electron chi connectivity index (χ0n) is 14.8. The molecule has 1 aromatic carbocycles. The van der Waals surface area contributed by atoms with Crippen LogP contribution in [-0.2, 0) is 30.8 Å². The van der Waals surface area contributed by atoms with Crippen LogP contribution in [0.5, 0.6) is 0 Å². The van der Waals surface area contributed by atoms with Crippen molar-refractivity contribution < 1.29 is 27.9 Å². The quantitative estimate of drug-likeness (QED) is 0.545. The fourth-order valence-corrected chi connectivity index (χ4v) is 3.70. The summed E-state index contributed by atoms with van der Waals surface area (Å²) in [7, 11) is -2.13. The molecular formula is C17H24N2O6S. The number of carboxylic acid groups (broad SMARTS) is 1. The molecule has 1 aromatic rings. The zero-order chi connectivity index (χ0) is 19.4. The van der Waals surface area contributed by atoms with Crippen LogP contribution in [-0.4, -0.2) is 50.7 Å². The largest absolute Gasteiger partial charge is 0.479 e. The predicted octanol–water partition coefficient (Wildman–Crippen LogP) is 0.666. The van der Waals surface area contributed by atoms with Crippen molar-refractivity contribution in [2.75, 3.05) is 13.7 Å². The van der Waals surface area contributed by atoms with Crippen LogP contribution in [0.15, 0.2) is 29.2 Å². The average molecular weight is 384 g/mol. The number of ether oxygens (including phenoxy) is 1. The fraction of sp³-hybridized carbons (Fsp3) is 0.529. The van der Waals surface area contributed by atoms with Gasteiger partial charge in [0.15, 0.2) is 5.54 Å². The van der Waals surface area contributed by atoms with Gasteiger partial charge in [-0.25, -0.2) is 17.9 Å². The molecule has 0 aromatic heterocycles. The van der Waals surface area contributed by atoms with E-state index in [1.165, 1.54) is 26.2 Å². The summed E-state index contributed by atoms with van der Waals surface area (Å²) in [5.41, 5.74) is -0.701. The van der Waals surface area contributed by atoms with E-state index in [0.717, 1.165) is 18.4 Å². The van der Waals surface area contributed by atoms with Crippen LogP contribution in [0.4, 0.5) is 0 Å². The maximum atomic E-state index is 12.1. The van der Waals surface area contributed by atoms with Crippen molar-refractivity contribution in [3.8, 4) is 0 Å². The molecule has 0 saturated heterocycles. The maximum absolute atomic E-state index is 12.1. The Morgan fingerprint density at radius 3 is 2.38 bits per heavy atom. The molecule has 1 aliphatic carbocycles. The number of rotatable bonds is 10. The second-order valence-electron chi connectivity index (χ2n) is 6.66. The van der Waals surface area contributed by atoms with Crippen LogP contribution in [0.25, 0.3) is 0 Å². The number of carbonyl (C=O) groups excluding carboxylic acids is 1. The van der Waals surface area contributed by atoms with E-state index in [4.69, 9.17) is 4.74 Å². The van der Waals surface area contributed by atoms with Gasteiger partial charge in [0.25, 0.3) is 0 Å². The lowest BCUT2D eigenvalue weighted by Gasteiger charge is -2.25. The summed E-state index contributed by atoms with van der Waals surface area (Å²) in [6, 6.07) is 6.36. The molecule has 1 atom stereocenters. The van der Waals surface area contributed by atoms with Crippen molar-refractivity contribution in [3.63, 3.8) is 0 Å². The lowest BCUT2D eigenvalue weighted by molar-refractivity contribution is -0.149. The van der Waals surface area contributed by atoms with Gasteiger partial charge in [-0.3, -0.25) is 4.79 Å². The second-order valence-corrected chi connectivity index (χ2v) is 8.37. The van der Waals surface area contributed by atoms with Gasteiger partial charge in [-0.2, -0.15) is 0 Å². The normalized spacial score (nSPS) is 16.7. The van der Waals surface area contributed by atoms with Crippen molar-refractivity contribution >= 4 is 21.9 Å². The minimum absolute atomic E-state index is 0.0408. The fourth-order valence-electron chi connectivity index (χ4n) is 2.39. The number of amides is 1. The number of carboxylic acids is 1. The molecule has 1 unspecified atom stereocenters. The molecule has 0 radical (unpaired) electrons. The van der Waals surface area contributed by atoms with E-state index in [1.807, 2.05) is 0 Å². The molecule has 9 heteroatoms. The molecule has 0 bridgehead atoms. The minimum Gasteiger partial charge on any atom is -0.479 e. The molecular weight excluding hydrogens is 360 g/mol. The van der Waals surface area contributed by atoms with Gasteiger partial charge in [0.05, 0.1) is 11.5 Å². The second kappa shape index (κ2) is 8.15. The Morgan fingerprint density at radius 2 is 1.88 bits per heavy atom. The van der Waals surface area contributed by atoms with E-state index in [0.29, 0.717) is 6.42 Å². The van der Waals surface area contributed by atoms with Crippen LogP contribution in [0.1, 0.15) is 31.7 Å². The standard InChI is InChI=1S/C17H24N2O6S/c1-17(11-25-2,16(21)22)18-15(20)10-5-12-3-8-14(9-4-12)26(23,24)19-13-6-7-13/h3-4,8-9,13,19H,5-7,10-11H2,1-2H3,(H,18,20)(H,21,22). The summed E-state index contributed by atoms with van der Waals surface area (Å²) >= 11 is 0. The van der Waals surface area contributed by atoms with Crippen molar-refractivity contribution in [2.45, 2.75) is 49.1 Å². The molecule has 1 aliphatic rings. The van der Waals surface area contributed by atoms with E-state index in [2.05, 4.69) is 10.0 Å². The first-order valence-electron chi connectivity index (χ1n) is 8.31. The highest BCUT2D eigenvalue weighted by Crippen LogP contribution is 2.22. The van der Waals surface area contributed by atoms with Gasteiger partial charge >= 0.3 is 5.97 Å². The molecule has 26 heavy (non-hydrogen) atoms. The Hall–Kier alpha value is -1.97. The molecule has 1 saturated carbocycles. The Balaban J connectivity index is 1.91. The minimum atomic E-state index is -3.49. The van der Waals surface area contributed by atoms with Gasteiger partial charge in [0, 0.05) is 19.6 Å². The van der Waals surface area contributed by atoms with Gasteiger partial charge in [-0.05, 0) is 43.9 Å². The molecule has 3 N–H and O–H groups in total. The number of methoxy groups -OCH3 is 1. The summed E-state index contributed by atoms with van der Waals surface area (Å²) in [6.45, 7) is 1.23. The monoisotopic (exact) mass is 384 g/mol. The van der Waals surface area contributed by atoms with Gasteiger partial charge < -0.3 is 15.2 Å². The molecule has 144 valence electrons. The van der Waals surface area contributed by atoms with Crippen molar-refractivity contribution in [3.05, 3.63) is 29.8 Å². The van der Waals surface area contributed by atoms with Crippen LogP contribution in [0.2, 0.25) is 0 Å². The summed E-state index contributed by atoms with van der Waals surface area (Å²) in [5, 5.41) is 11.7. The Morgan fingerprint density at radius 1 is 1.27 bits per heavy atom. The number of aryl methyl sites for hydroxylation is 1.